The first-order valence-electron chi connectivity index (χ1n) is 11.9. The zero-order valence-corrected chi connectivity index (χ0v) is 19.9. The summed E-state index contributed by atoms with van der Waals surface area (Å²) < 4.78 is 85.9. The van der Waals surface area contributed by atoms with Crippen LogP contribution < -0.4 is 0 Å². The molecule has 0 amide bonds. The lowest BCUT2D eigenvalue weighted by Crippen LogP contribution is -2.11. The number of para-hydroxylation sites is 2. The number of aromatic nitrogens is 1. The largest absolute Gasteiger partial charge is 0.436 e. The van der Waals surface area contributed by atoms with Gasteiger partial charge in [0.15, 0.2) is 5.58 Å². The molecule has 5 aromatic carbocycles. The van der Waals surface area contributed by atoms with E-state index in [4.69, 9.17) is 4.42 Å². The molecule has 6 aromatic rings. The Balaban J connectivity index is 1.42. The van der Waals surface area contributed by atoms with Crippen LogP contribution in [0.5, 0.6) is 0 Å². The number of hydrogen-bond donors (Lipinski definition) is 0. The molecule has 0 unspecified atom stereocenters. The van der Waals surface area contributed by atoms with Crippen molar-refractivity contribution >= 4 is 21.9 Å². The van der Waals surface area contributed by atoms with Gasteiger partial charge in [-0.05, 0) is 69.4 Å². The molecule has 6 rings (SSSR count). The van der Waals surface area contributed by atoms with Gasteiger partial charge in [-0.15, -0.1) is 0 Å². The molecule has 0 atom stereocenters. The smallest absolute Gasteiger partial charge is 0.416 e. The van der Waals surface area contributed by atoms with E-state index in [2.05, 4.69) is 4.98 Å². The van der Waals surface area contributed by atoms with Gasteiger partial charge >= 0.3 is 12.4 Å². The summed E-state index contributed by atoms with van der Waals surface area (Å²) in [6.07, 6.45) is -9.82. The summed E-state index contributed by atoms with van der Waals surface area (Å²) in [4.78, 5) is 4.60. The van der Waals surface area contributed by atoms with E-state index in [-0.39, 0.29) is 17.2 Å². The highest BCUT2D eigenvalue weighted by Gasteiger charge is 2.37. The molecule has 39 heavy (non-hydrogen) atoms. The number of halogens is 6. The standard InChI is InChI=1S/C31H17F6NO/c32-30(33,34)21-15-20(16-22(17-21)31(35,36)37)18-9-11-19(12-10-18)23-13-14-26(25-6-2-1-5-24(23)25)29-38-27-7-3-4-8-28(27)39-29/h1-17H. The molecule has 0 aliphatic rings. The Labute approximate surface area is 218 Å². The minimum absolute atomic E-state index is 0.127. The number of benzene rings is 5. The van der Waals surface area contributed by atoms with Crippen molar-refractivity contribution in [2.45, 2.75) is 12.4 Å². The summed E-state index contributed by atoms with van der Waals surface area (Å²) in [7, 11) is 0. The van der Waals surface area contributed by atoms with Gasteiger partial charge in [0.05, 0.1) is 11.1 Å². The topological polar surface area (TPSA) is 26.0 Å². The quantitative estimate of drug-likeness (QED) is 0.212. The maximum Gasteiger partial charge on any atom is 0.416 e. The van der Waals surface area contributed by atoms with Crippen molar-refractivity contribution in [3.05, 3.63) is 114 Å². The third kappa shape index (κ3) is 4.63. The highest BCUT2D eigenvalue weighted by atomic mass is 19.4. The highest BCUT2D eigenvalue weighted by Crippen LogP contribution is 2.40. The highest BCUT2D eigenvalue weighted by molar-refractivity contribution is 6.04. The Morgan fingerprint density at radius 2 is 1.05 bits per heavy atom. The van der Waals surface area contributed by atoms with E-state index in [9.17, 15) is 26.3 Å². The van der Waals surface area contributed by atoms with Crippen LogP contribution in [0.2, 0.25) is 0 Å². The summed E-state index contributed by atoms with van der Waals surface area (Å²) in [5.74, 6) is 0.472. The van der Waals surface area contributed by atoms with Crippen LogP contribution in [-0.2, 0) is 12.4 Å². The van der Waals surface area contributed by atoms with Crippen molar-refractivity contribution in [2.75, 3.05) is 0 Å². The lowest BCUT2D eigenvalue weighted by atomic mass is 9.93. The third-order valence-corrected chi connectivity index (χ3v) is 6.57. The van der Waals surface area contributed by atoms with Crippen molar-refractivity contribution in [1.29, 1.82) is 0 Å². The molecular weight excluding hydrogens is 516 g/mol. The fourth-order valence-electron chi connectivity index (χ4n) is 4.69. The predicted molar refractivity (Wildman–Crippen MR) is 138 cm³/mol. The van der Waals surface area contributed by atoms with E-state index in [1.807, 2.05) is 60.7 Å². The second kappa shape index (κ2) is 9.01. The molecule has 0 radical (unpaired) electrons. The molecule has 0 spiro atoms. The van der Waals surface area contributed by atoms with Gasteiger partial charge in [0.25, 0.3) is 0 Å². The van der Waals surface area contributed by atoms with Crippen molar-refractivity contribution < 1.29 is 30.8 Å². The van der Waals surface area contributed by atoms with Crippen LogP contribution in [0, 0.1) is 0 Å². The molecular formula is C31H17F6NO. The van der Waals surface area contributed by atoms with Crippen molar-refractivity contribution in [3.8, 4) is 33.7 Å². The first-order valence-corrected chi connectivity index (χ1v) is 11.9. The van der Waals surface area contributed by atoms with Crippen LogP contribution in [0.25, 0.3) is 55.6 Å². The van der Waals surface area contributed by atoms with E-state index < -0.39 is 23.5 Å². The van der Waals surface area contributed by atoms with Gasteiger partial charge in [0.2, 0.25) is 5.89 Å². The second-order valence-electron chi connectivity index (χ2n) is 9.06. The zero-order chi connectivity index (χ0) is 27.4. The van der Waals surface area contributed by atoms with Gasteiger partial charge in [-0.25, -0.2) is 4.98 Å². The zero-order valence-electron chi connectivity index (χ0n) is 19.9. The number of rotatable bonds is 3. The first-order chi connectivity index (χ1) is 18.6. The normalized spacial score (nSPS) is 12.4. The summed E-state index contributed by atoms with van der Waals surface area (Å²) in [6, 6.07) is 26.9. The molecule has 194 valence electrons. The third-order valence-electron chi connectivity index (χ3n) is 6.57. The Bertz CT molecular complexity index is 1770. The molecule has 0 N–H and O–H groups in total. The number of oxazole rings is 1. The molecule has 0 aliphatic carbocycles. The molecule has 1 heterocycles. The Morgan fingerprint density at radius 3 is 1.67 bits per heavy atom. The van der Waals surface area contributed by atoms with Crippen LogP contribution in [0.15, 0.2) is 108 Å². The summed E-state index contributed by atoms with van der Waals surface area (Å²) in [6.45, 7) is 0. The Morgan fingerprint density at radius 1 is 0.513 bits per heavy atom. The number of alkyl halides is 6. The van der Waals surface area contributed by atoms with Crippen LogP contribution in [0.3, 0.4) is 0 Å². The monoisotopic (exact) mass is 533 g/mol. The lowest BCUT2D eigenvalue weighted by molar-refractivity contribution is -0.143. The molecule has 0 aliphatic heterocycles. The molecule has 0 fully saturated rings. The van der Waals surface area contributed by atoms with E-state index >= 15 is 0 Å². The predicted octanol–water partition coefficient (Wildman–Crippen LogP) is 10.0. The summed E-state index contributed by atoms with van der Waals surface area (Å²) in [5.41, 5.74) is 1.17. The van der Waals surface area contributed by atoms with Gasteiger partial charge in [-0.2, -0.15) is 26.3 Å². The van der Waals surface area contributed by atoms with E-state index in [0.717, 1.165) is 45.1 Å². The van der Waals surface area contributed by atoms with Crippen LogP contribution in [0.1, 0.15) is 11.1 Å². The molecule has 8 heteroatoms. The Hall–Kier alpha value is -4.59. The number of hydrogen-bond acceptors (Lipinski definition) is 2. The average Bonchev–Trinajstić information content (AvgIpc) is 3.35. The average molecular weight is 533 g/mol. The van der Waals surface area contributed by atoms with Crippen molar-refractivity contribution in [1.82, 2.24) is 4.98 Å². The van der Waals surface area contributed by atoms with Gasteiger partial charge < -0.3 is 4.42 Å². The maximum atomic E-state index is 13.3. The molecule has 0 saturated carbocycles. The maximum absolute atomic E-state index is 13.3. The first kappa shape index (κ1) is 24.7. The van der Waals surface area contributed by atoms with E-state index in [1.54, 1.807) is 12.1 Å². The van der Waals surface area contributed by atoms with Crippen molar-refractivity contribution in [3.63, 3.8) is 0 Å². The second-order valence-corrected chi connectivity index (χ2v) is 9.06. The SMILES string of the molecule is FC(F)(F)c1cc(-c2ccc(-c3ccc(-c4nc5ccccc5o4)c4ccccc34)cc2)cc(C(F)(F)F)c1. The minimum Gasteiger partial charge on any atom is -0.436 e. The lowest BCUT2D eigenvalue weighted by Gasteiger charge is -2.15. The molecule has 1 aromatic heterocycles. The van der Waals surface area contributed by atoms with Gasteiger partial charge in [0.1, 0.15) is 5.52 Å². The van der Waals surface area contributed by atoms with E-state index in [0.29, 0.717) is 11.5 Å². The summed E-state index contributed by atoms with van der Waals surface area (Å²) in [5, 5.41) is 1.78. The fourth-order valence-corrected chi connectivity index (χ4v) is 4.69. The van der Waals surface area contributed by atoms with Crippen LogP contribution in [-0.4, -0.2) is 4.98 Å². The summed E-state index contributed by atoms with van der Waals surface area (Å²) >= 11 is 0. The van der Waals surface area contributed by atoms with Crippen LogP contribution >= 0.6 is 0 Å². The Kier molecular flexibility index (Phi) is 5.71. The van der Waals surface area contributed by atoms with E-state index in [1.165, 1.54) is 12.1 Å². The number of nitrogens with zero attached hydrogens (tertiary/aromatic N) is 1. The number of fused-ring (bicyclic) bond motifs is 2. The van der Waals surface area contributed by atoms with Gasteiger partial charge in [-0.1, -0.05) is 66.7 Å². The molecule has 0 bridgehead atoms. The molecule has 0 saturated heterocycles. The van der Waals surface area contributed by atoms with Crippen LogP contribution in [0.4, 0.5) is 26.3 Å². The van der Waals surface area contributed by atoms with Gasteiger partial charge in [-0.3, -0.25) is 0 Å². The van der Waals surface area contributed by atoms with Gasteiger partial charge in [0, 0.05) is 5.56 Å². The fraction of sp³-hybridized carbons (Fsp3) is 0.0645. The van der Waals surface area contributed by atoms with Crippen molar-refractivity contribution in [2.24, 2.45) is 0 Å². The minimum atomic E-state index is -4.91. The molecule has 2 nitrogen and oxygen atoms in total.